The van der Waals surface area contributed by atoms with E-state index in [4.69, 9.17) is 13.8 Å². The summed E-state index contributed by atoms with van der Waals surface area (Å²) < 4.78 is 93.9. The van der Waals surface area contributed by atoms with Gasteiger partial charge >= 0.3 is 10.4 Å². The van der Waals surface area contributed by atoms with Crippen LogP contribution in [0.4, 0.5) is 0 Å². The first-order chi connectivity index (χ1) is 10.3. The summed E-state index contributed by atoms with van der Waals surface area (Å²) in [7, 11) is -12.6. The van der Waals surface area contributed by atoms with Crippen molar-refractivity contribution in [3.05, 3.63) is 15.7 Å². The van der Waals surface area contributed by atoms with E-state index in [1.54, 1.807) is 22.6 Å². The summed E-state index contributed by atoms with van der Waals surface area (Å²) >= 11 is 1.61. The Morgan fingerprint density at radius 3 is 2.09 bits per heavy atom. The van der Waals surface area contributed by atoms with E-state index in [0.29, 0.717) is 6.07 Å². The molecule has 0 amide bonds. The maximum Gasteiger partial charge on any atom is 0.397 e. The summed E-state index contributed by atoms with van der Waals surface area (Å²) in [4.78, 5) is -1.24. The van der Waals surface area contributed by atoms with Crippen molar-refractivity contribution < 1.29 is 43.3 Å². The van der Waals surface area contributed by atoms with Gasteiger partial charge in [-0.25, -0.2) is 12.6 Å². The van der Waals surface area contributed by atoms with Gasteiger partial charge in [-0.3, -0.25) is 9.11 Å². The molecule has 0 saturated heterocycles. The smallest absolute Gasteiger partial charge is 0.397 e. The molecule has 1 aromatic carbocycles. The van der Waals surface area contributed by atoms with Gasteiger partial charge in [0.1, 0.15) is 4.90 Å². The Labute approximate surface area is 146 Å². The molecule has 0 unspecified atom stereocenters. The van der Waals surface area contributed by atoms with Gasteiger partial charge in [-0.2, -0.15) is 16.8 Å². The SMILES string of the molecule is COc1c(I)cc(S(=O)(=O)CCOS(=O)(=O)O)cc1S(=O)(=O)O. The summed E-state index contributed by atoms with van der Waals surface area (Å²) in [6.45, 7) is -0.870. The summed E-state index contributed by atoms with van der Waals surface area (Å²) in [5, 5.41) is 0. The fraction of sp³-hybridized carbons (Fsp3) is 0.333. The quantitative estimate of drug-likeness (QED) is 0.388. The van der Waals surface area contributed by atoms with Gasteiger partial charge in [-0.1, -0.05) is 0 Å². The number of methoxy groups -OCH3 is 1. The standard InChI is InChI=1S/C9H11IO10S3/c1-19-9-7(10)4-6(5-8(9)22(13,14)15)21(11,12)3-2-20-23(16,17)18/h4-5H,2-3H2,1H3,(H,13,14,15)(H,16,17,18). The molecule has 0 saturated carbocycles. The molecule has 0 spiro atoms. The topological polar surface area (TPSA) is 161 Å². The maximum absolute atomic E-state index is 12.1. The number of benzene rings is 1. The van der Waals surface area contributed by atoms with Crippen molar-refractivity contribution in [3.63, 3.8) is 0 Å². The highest BCUT2D eigenvalue weighted by Crippen LogP contribution is 2.32. The fourth-order valence-electron chi connectivity index (χ4n) is 1.48. The van der Waals surface area contributed by atoms with Crippen LogP contribution in [0.2, 0.25) is 0 Å². The number of ether oxygens (including phenoxy) is 1. The average Bonchev–Trinajstić information content (AvgIpc) is 2.34. The first kappa shape index (κ1) is 20.5. The third-order valence-electron chi connectivity index (χ3n) is 2.41. The van der Waals surface area contributed by atoms with Crippen molar-refractivity contribution in [3.8, 4) is 5.75 Å². The molecule has 0 atom stereocenters. The molecule has 2 N–H and O–H groups in total. The monoisotopic (exact) mass is 502 g/mol. The zero-order valence-electron chi connectivity index (χ0n) is 11.3. The van der Waals surface area contributed by atoms with Gasteiger partial charge in [0, 0.05) is 0 Å². The van der Waals surface area contributed by atoms with Crippen LogP contribution >= 0.6 is 22.6 Å². The molecule has 14 heteroatoms. The molecule has 132 valence electrons. The lowest BCUT2D eigenvalue weighted by molar-refractivity contribution is 0.284. The van der Waals surface area contributed by atoms with Crippen molar-refractivity contribution in [2.45, 2.75) is 9.79 Å². The minimum absolute atomic E-state index is 0.0921. The van der Waals surface area contributed by atoms with E-state index in [1.807, 2.05) is 0 Å². The predicted octanol–water partition coefficient (Wildman–Crippen LogP) is 0.140. The van der Waals surface area contributed by atoms with E-state index in [9.17, 15) is 25.3 Å². The zero-order chi connectivity index (χ0) is 18.1. The second-order valence-corrected chi connectivity index (χ2v) is 9.73. The van der Waals surface area contributed by atoms with E-state index in [-0.39, 0.29) is 9.32 Å². The molecule has 0 bridgehead atoms. The van der Waals surface area contributed by atoms with E-state index in [1.165, 1.54) is 0 Å². The lowest BCUT2D eigenvalue weighted by Gasteiger charge is -2.11. The van der Waals surface area contributed by atoms with Crippen LogP contribution in [0, 0.1) is 3.57 Å². The Bertz CT molecular complexity index is 901. The summed E-state index contributed by atoms with van der Waals surface area (Å²) in [6.07, 6.45) is 0. The van der Waals surface area contributed by atoms with Gasteiger partial charge in [-0.15, -0.1) is 0 Å². The number of hydrogen-bond donors (Lipinski definition) is 2. The van der Waals surface area contributed by atoms with E-state index >= 15 is 0 Å². The first-order valence-corrected chi connectivity index (χ1v) is 11.0. The Balaban J connectivity index is 3.30. The minimum atomic E-state index is -4.80. The molecule has 0 aliphatic carbocycles. The summed E-state index contributed by atoms with van der Waals surface area (Å²) in [5.41, 5.74) is 0. The highest BCUT2D eigenvalue weighted by Gasteiger charge is 2.25. The molecule has 1 aromatic rings. The second-order valence-electron chi connectivity index (χ2n) is 3.98. The van der Waals surface area contributed by atoms with Crippen LogP contribution in [0.3, 0.4) is 0 Å². The Morgan fingerprint density at radius 2 is 1.65 bits per heavy atom. The van der Waals surface area contributed by atoms with Crippen molar-refractivity contribution in [2.75, 3.05) is 19.5 Å². The Kier molecular flexibility index (Phi) is 6.39. The van der Waals surface area contributed by atoms with Crippen LogP contribution in [-0.2, 0) is 34.5 Å². The Morgan fingerprint density at radius 1 is 1.09 bits per heavy atom. The molecular weight excluding hydrogens is 491 g/mol. The van der Waals surface area contributed by atoms with Gasteiger partial charge < -0.3 is 4.74 Å². The van der Waals surface area contributed by atoms with Crippen molar-refractivity contribution in [1.29, 1.82) is 0 Å². The van der Waals surface area contributed by atoms with E-state index in [0.717, 1.165) is 13.2 Å². The molecule has 0 heterocycles. The molecule has 0 aliphatic rings. The highest BCUT2D eigenvalue weighted by atomic mass is 127. The van der Waals surface area contributed by atoms with Gasteiger partial charge in [-0.05, 0) is 34.7 Å². The number of halogens is 1. The minimum Gasteiger partial charge on any atom is -0.494 e. The van der Waals surface area contributed by atoms with Crippen LogP contribution in [0.25, 0.3) is 0 Å². The molecular formula is C9H11IO10S3. The van der Waals surface area contributed by atoms with Crippen LogP contribution in [-0.4, -0.2) is 53.8 Å². The number of hydrogen-bond acceptors (Lipinski definition) is 8. The molecule has 0 aliphatic heterocycles. The normalized spacial score (nSPS) is 13.0. The number of rotatable bonds is 7. The molecule has 0 aromatic heterocycles. The van der Waals surface area contributed by atoms with Crippen LogP contribution in [0.15, 0.2) is 21.9 Å². The second kappa shape index (κ2) is 7.16. The Hall–Kier alpha value is -0.520. The van der Waals surface area contributed by atoms with Gasteiger partial charge in [0.05, 0.1) is 27.9 Å². The molecule has 10 nitrogen and oxygen atoms in total. The van der Waals surface area contributed by atoms with Gasteiger partial charge in [0.15, 0.2) is 15.6 Å². The van der Waals surface area contributed by atoms with Crippen LogP contribution in [0.5, 0.6) is 5.75 Å². The zero-order valence-corrected chi connectivity index (χ0v) is 15.9. The largest absolute Gasteiger partial charge is 0.494 e. The number of sulfone groups is 1. The molecule has 23 heavy (non-hydrogen) atoms. The summed E-state index contributed by atoms with van der Waals surface area (Å²) in [5.74, 6) is -1.08. The molecule has 1 rings (SSSR count). The molecule has 0 fully saturated rings. The van der Waals surface area contributed by atoms with Crippen molar-refractivity contribution in [2.24, 2.45) is 0 Å². The highest BCUT2D eigenvalue weighted by molar-refractivity contribution is 14.1. The predicted molar refractivity (Wildman–Crippen MR) is 85.1 cm³/mol. The van der Waals surface area contributed by atoms with E-state index in [2.05, 4.69) is 4.18 Å². The van der Waals surface area contributed by atoms with Crippen LogP contribution < -0.4 is 4.74 Å². The lowest BCUT2D eigenvalue weighted by Crippen LogP contribution is -2.16. The first-order valence-electron chi connectivity index (χ1n) is 5.47. The average molecular weight is 502 g/mol. The van der Waals surface area contributed by atoms with E-state index < -0.39 is 52.5 Å². The maximum atomic E-state index is 12.1. The fourth-order valence-corrected chi connectivity index (χ4v) is 5.03. The molecule has 0 radical (unpaired) electrons. The third-order valence-corrected chi connectivity index (χ3v) is 6.19. The van der Waals surface area contributed by atoms with Gasteiger partial charge in [0.2, 0.25) is 0 Å². The third kappa shape index (κ3) is 5.80. The van der Waals surface area contributed by atoms with Gasteiger partial charge in [0.25, 0.3) is 10.1 Å². The summed E-state index contributed by atoms with van der Waals surface area (Å²) in [6, 6.07) is 1.76. The van der Waals surface area contributed by atoms with Crippen molar-refractivity contribution in [1.82, 2.24) is 0 Å². The van der Waals surface area contributed by atoms with Crippen molar-refractivity contribution >= 4 is 52.9 Å². The lowest BCUT2D eigenvalue weighted by atomic mass is 10.3. The van der Waals surface area contributed by atoms with Crippen LogP contribution in [0.1, 0.15) is 0 Å².